The van der Waals surface area contributed by atoms with Gasteiger partial charge in [-0.2, -0.15) is 0 Å². The van der Waals surface area contributed by atoms with Crippen molar-refractivity contribution in [2.45, 2.75) is 6.54 Å². The zero-order valence-corrected chi connectivity index (χ0v) is 13.3. The van der Waals surface area contributed by atoms with Gasteiger partial charge in [-0.3, -0.25) is 4.98 Å². The maximum atomic E-state index is 11.8. The molecule has 0 N–H and O–H groups in total. The highest BCUT2D eigenvalue weighted by molar-refractivity contribution is 5.94. The van der Waals surface area contributed by atoms with Crippen molar-refractivity contribution in [3.05, 3.63) is 60.2 Å². The molecule has 0 spiro atoms. The summed E-state index contributed by atoms with van der Waals surface area (Å²) in [5.74, 6) is 0.736. The molecular formula is C17H16N4O3. The first-order valence-electron chi connectivity index (χ1n) is 7.29. The van der Waals surface area contributed by atoms with E-state index in [1.165, 1.54) is 7.11 Å². The summed E-state index contributed by atoms with van der Waals surface area (Å²) in [5.41, 5.74) is 1.98. The number of nitrogens with zero attached hydrogens (tertiary/aromatic N) is 4. The molecule has 7 heteroatoms. The number of methoxy groups -OCH3 is 1. The first kappa shape index (κ1) is 15.7. The third kappa shape index (κ3) is 3.24. The van der Waals surface area contributed by atoms with Crippen molar-refractivity contribution in [2.75, 3.05) is 19.1 Å². The molecule has 7 nitrogen and oxygen atoms in total. The molecule has 122 valence electrons. The van der Waals surface area contributed by atoms with Gasteiger partial charge in [0.1, 0.15) is 17.1 Å². The van der Waals surface area contributed by atoms with Crippen molar-refractivity contribution < 1.29 is 14.1 Å². The van der Waals surface area contributed by atoms with Crippen molar-refractivity contribution in [2.24, 2.45) is 0 Å². The van der Waals surface area contributed by atoms with Crippen LogP contribution < -0.4 is 4.90 Å². The Morgan fingerprint density at radius 1 is 1.29 bits per heavy atom. The molecule has 0 amide bonds. The maximum Gasteiger partial charge on any atom is 0.341 e. The highest BCUT2D eigenvalue weighted by atomic mass is 16.5. The van der Waals surface area contributed by atoms with E-state index in [1.807, 2.05) is 25.2 Å². The molecule has 0 atom stereocenters. The van der Waals surface area contributed by atoms with Crippen LogP contribution in [0.1, 0.15) is 16.1 Å². The predicted octanol–water partition coefficient (Wildman–Crippen LogP) is 2.55. The highest BCUT2D eigenvalue weighted by Gasteiger charge is 2.17. The largest absolute Gasteiger partial charge is 0.465 e. The molecule has 0 aliphatic heterocycles. The summed E-state index contributed by atoms with van der Waals surface area (Å²) >= 11 is 0. The summed E-state index contributed by atoms with van der Waals surface area (Å²) in [7, 11) is 3.16. The second-order valence-corrected chi connectivity index (χ2v) is 5.14. The lowest BCUT2D eigenvalue weighted by molar-refractivity contribution is 0.0601. The Morgan fingerprint density at radius 2 is 2.12 bits per heavy atom. The average Bonchev–Trinajstić information content (AvgIpc) is 3.10. The van der Waals surface area contributed by atoms with E-state index >= 15 is 0 Å². The average molecular weight is 324 g/mol. The summed E-state index contributed by atoms with van der Waals surface area (Å²) < 4.78 is 10.2. The van der Waals surface area contributed by atoms with Gasteiger partial charge in [-0.05, 0) is 24.3 Å². The van der Waals surface area contributed by atoms with Crippen LogP contribution in [0.5, 0.6) is 0 Å². The van der Waals surface area contributed by atoms with Crippen molar-refractivity contribution >= 4 is 11.8 Å². The number of aromatic nitrogens is 3. The van der Waals surface area contributed by atoms with E-state index in [9.17, 15) is 4.79 Å². The molecule has 3 aromatic heterocycles. The summed E-state index contributed by atoms with van der Waals surface area (Å²) in [6, 6.07) is 8.96. The van der Waals surface area contributed by atoms with E-state index in [0.717, 1.165) is 5.56 Å². The van der Waals surface area contributed by atoms with Gasteiger partial charge in [-0.15, -0.1) is 0 Å². The van der Waals surface area contributed by atoms with Gasteiger partial charge in [0.15, 0.2) is 5.76 Å². The Bertz CT molecular complexity index is 833. The second kappa shape index (κ2) is 6.91. The van der Waals surface area contributed by atoms with E-state index in [1.54, 1.807) is 35.6 Å². The summed E-state index contributed by atoms with van der Waals surface area (Å²) in [5, 5.41) is 4.05. The number of carbonyl (C=O) groups excluding carboxylic acids is 1. The van der Waals surface area contributed by atoms with Crippen molar-refractivity contribution in [1.29, 1.82) is 0 Å². The van der Waals surface area contributed by atoms with Crippen LogP contribution in [0.4, 0.5) is 5.82 Å². The Balaban J connectivity index is 1.80. The Kier molecular flexibility index (Phi) is 4.51. The van der Waals surface area contributed by atoms with Gasteiger partial charge in [-0.1, -0.05) is 5.16 Å². The Labute approximate surface area is 138 Å². The maximum absolute atomic E-state index is 11.8. The van der Waals surface area contributed by atoms with Crippen molar-refractivity contribution in [3.8, 4) is 11.3 Å². The molecule has 0 radical (unpaired) electrons. The lowest BCUT2D eigenvalue weighted by Crippen LogP contribution is -2.20. The van der Waals surface area contributed by atoms with Gasteiger partial charge in [0.2, 0.25) is 0 Å². The van der Waals surface area contributed by atoms with Gasteiger partial charge in [0.05, 0.1) is 13.7 Å². The Morgan fingerprint density at radius 3 is 2.88 bits per heavy atom. The first-order chi connectivity index (χ1) is 11.7. The van der Waals surface area contributed by atoms with E-state index in [2.05, 4.69) is 15.1 Å². The predicted molar refractivity (Wildman–Crippen MR) is 87.4 cm³/mol. The van der Waals surface area contributed by atoms with Gasteiger partial charge in [0.25, 0.3) is 0 Å². The molecule has 0 saturated heterocycles. The molecule has 3 heterocycles. The molecule has 3 rings (SSSR count). The number of rotatable bonds is 5. The van der Waals surface area contributed by atoms with Crippen LogP contribution in [-0.4, -0.2) is 35.3 Å². The molecule has 0 aliphatic carbocycles. The molecule has 0 aliphatic rings. The summed E-state index contributed by atoms with van der Waals surface area (Å²) in [6.45, 7) is 0.411. The lowest BCUT2D eigenvalue weighted by Gasteiger charge is -2.18. The number of esters is 1. The number of pyridine rings is 2. The van der Waals surface area contributed by atoms with E-state index in [0.29, 0.717) is 29.4 Å². The number of hydrogen-bond acceptors (Lipinski definition) is 7. The fraction of sp³-hybridized carbons (Fsp3) is 0.176. The number of carbonyl (C=O) groups is 1. The van der Waals surface area contributed by atoms with Gasteiger partial charge in [0, 0.05) is 37.3 Å². The van der Waals surface area contributed by atoms with Crippen molar-refractivity contribution in [1.82, 2.24) is 15.1 Å². The van der Waals surface area contributed by atoms with E-state index < -0.39 is 5.97 Å². The van der Waals surface area contributed by atoms with Gasteiger partial charge < -0.3 is 14.2 Å². The minimum Gasteiger partial charge on any atom is -0.465 e. The SMILES string of the molecule is COC(=O)c1cccnc1N(C)Cc1cc(-c2cccnc2)no1. The molecule has 0 aromatic carbocycles. The quantitative estimate of drug-likeness (QED) is 0.667. The van der Waals surface area contributed by atoms with Crippen molar-refractivity contribution in [3.63, 3.8) is 0 Å². The lowest BCUT2D eigenvalue weighted by atomic mass is 10.2. The Hall–Kier alpha value is -3.22. The molecule has 0 unspecified atom stereocenters. The van der Waals surface area contributed by atoms with Gasteiger partial charge >= 0.3 is 5.97 Å². The topological polar surface area (TPSA) is 81.4 Å². The van der Waals surface area contributed by atoms with Crippen LogP contribution in [0.3, 0.4) is 0 Å². The number of anilines is 1. The fourth-order valence-electron chi connectivity index (χ4n) is 2.32. The molecule has 0 fully saturated rings. The fourth-order valence-corrected chi connectivity index (χ4v) is 2.32. The van der Waals surface area contributed by atoms with Crippen LogP contribution in [0.15, 0.2) is 53.4 Å². The zero-order chi connectivity index (χ0) is 16.9. The second-order valence-electron chi connectivity index (χ2n) is 5.14. The van der Waals surface area contributed by atoms with E-state index in [4.69, 9.17) is 9.26 Å². The summed E-state index contributed by atoms with van der Waals surface area (Å²) in [4.78, 5) is 22.0. The van der Waals surface area contributed by atoms with E-state index in [-0.39, 0.29) is 0 Å². The minimum absolute atomic E-state index is 0.398. The molecule has 0 bridgehead atoms. The number of ether oxygens (including phenoxy) is 1. The molecule has 3 aromatic rings. The molecule has 0 saturated carbocycles. The zero-order valence-electron chi connectivity index (χ0n) is 13.3. The van der Waals surface area contributed by atoms with Crippen LogP contribution in [0.25, 0.3) is 11.3 Å². The third-order valence-corrected chi connectivity index (χ3v) is 3.46. The monoisotopic (exact) mass is 324 g/mol. The van der Waals surface area contributed by atoms with Crippen LogP contribution in [-0.2, 0) is 11.3 Å². The minimum atomic E-state index is -0.432. The van der Waals surface area contributed by atoms with Gasteiger partial charge in [-0.25, -0.2) is 9.78 Å². The molecule has 24 heavy (non-hydrogen) atoms. The first-order valence-corrected chi connectivity index (χ1v) is 7.29. The van der Waals surface area contributed by atoms with Crippen LogP contribution in [0, 0.1) is 0 Å². The normalized spacial score (nSPS) is 10.4. The summed E-state index contributed by atoms with van der Waals surface area (Å²) in [6.07, 6.45) is 5.05. The molecular weight excluding hydrogens is 308 g/mol. The highest BCUT2D eigenvalue weighted by Crippen LogP contribution is 2.22. The smallest absolute Gasteiger partial charge is 0.341 e. The number of hydrogen-bond donors (Lipinski definition) is 0. The van der Waals surface area contributed by atoms with Crippen LogP contribution >= 0.6 is 0 Å². The third-order valence-electron chi connectivity index (χ3n) is 3.46. The standard InChI is InChI=1S/C17H16N4O3/c1-21(16-14(17(22)23-2)6-4-8-19-16)11-13-9-15(20-24-13)12-5-3-7-18-10-12/h3-10H,11H2,1-2H3. The van der Waals surface area contributed by atoms with Crippen LogP contribution in [0.2, 0.25) is 0 Å².